The van der Waals surface area contributed by atoms with E-state index in [0.717, 1.165) is 21.7 Å². The second-order valence-corrected chi connectivity index (χ2v) is 8.26. The summed E-state index contributed by atoms with van der Waals surface area (Å²) in [5, 5.41) is 3.96. The van der Waals surface area contributed by atoms with Crippen molar-refractivity contribution in [2.75, 3.05) is 17.1 Å². The normalized spacial score (nSPS) is 12.0. The third-order valence-electron chi connectivity index (χ3n) is 3.79. The number of rotatable bonds is 6. The van der Waals surface area contributed by atoms with Gasteiger partial charge in [0.15, 0.2) is 0 Å². The third-order valence-corrected chi connectivity index (χ3v) is 4.93. The molecule has 1 N–H and O–H groups in total. The van der Waals surface area contributed by atoms with E-state index >= 15 is 0 Å². The Morgan fingerprint density at radius 1 is 1.11 bits per heavy atom. The van der Waals surface area contributed by atoms with Gasteiger partial charge >= 0.3 is 0 Å². The van der Waals surface area contributed by atoms with Crippen LogP contribution in [0.25, 0.3) is 0 Å². The van der Waals surface area contributed by atoms with E-state index in [2.05, 4.69) is 10.5 Å². The number of hydrogen-bond donors (Lipinski definition) is 1. The van der Waals surface area contributed by atoms with Crippen LogP contribution in [0.5, 0.6) is 0 Å². The summed E-state index contributed by atoms with van der Waals surface area (Å²) in [5.41, 5.74) is 5.67. The van der Waals surface area contributed by atoms with Crippen molar-refractivity contribution in [1.82, 2.24) is 5.43 Å². The molecule has 0 fully saturated rings. The number of sulfonamides is 1. The molecule has 2 aromatic carbocycles. The zero-order valence-corrected chi connectivity index (χ0v) is 16.5. The van der Waals surface area contributed by atoms with Gasteiger partial charge in [-0.05, 0) is 61.7 Å². The van der Waals surface area contributed by atoms with Gasteiger partial charge in [0, 0.05) is 0 Å². The molecular formula is C19H22FN3O3S. The molecule has 2 aromatic rings. The lowest BCUT2D eigenvalue weighted by Crippen LogP contribution is -2.39. The Bertz CT molecular complexity index is 950. The molecule has 8 heteroatoms. The molecule has 0 saturated heterocycles. The summed E-state index contributed by atoms with van der Waals surface area (Å²) in [5.74, 6) is -0.950. The van der Waals surface area contributed by atoms with E-state index in [1.807, 2.05) is 19.9 Å². The number of nitrogens with zero attached hydrogens (tertiary/aromatic N) is 2. The number of benzene rings is 2. The van der Waals surface area contributed by atoms with Gasteiger partial charge in [-0.15, -0.1) is 0 Å². The molecule has 2 rings (SSSR count). The van der Waals surface area contributed by atoms with Gasteiger partial charge in [0.25, 0.3) is 5.91 Å². The summed E-state index contributed by atoms with van der Waals surface area (Å²) >= 11 is 0. The van der Waals surface area contributed by atoms with Crippen LogP contribution in [-0.2, 0) is 14.8 Å². The van der Waals surface area contributed by atoms with Crippen molar-refractivity contribution in [1.29, 1.82) is 0 Å². The Morgan fingerprint density at radius 2 is 1.67 bits per heavy atom. The molecule has 27 heavy (non-hydrogen) atoms. The van der Waals surface area contributed by atoms with Crippen molar-refractivity contribution < 1.29 is 17.6 Å². The number of hydrogen-bond acceptors (Lipinski definition) is 4. The molecule has 0 heterocycles. The van der Waals surface area contributed by atoms with Crippen LogP contribution in [0.15, 0.2) is 47.6 Å². The average molecular weight is 391 g/mol. The monoisotopic (exact) mass is 391 g/mol. The Kier molecular flexibility index (Phi) is 6.32. The van der Waals surface area contributed by atoms with Gasteiger partial charge in [0.1, 0.15) is 12.4 Å². The Labute approximate surface area is 158 Å². The molecule has 0 aromatic heterocycles. The minimum atomic E-state index is -3.66. The first-order valence-electron chi connectivity index (χ1n) is 8.21. The lowest BCUT2D eigenvalue weighted by Gasteiger charge is -2.22. The number of carbonyl (C=O) groups is 1. The van der Waals surface area contributed by atoms with Gasteiger partial charge in [0.05, 0.1) is 17.7 Å². The zero-order chi connectivity index (χ0) is 20.2. The van der Waals surface area contributed by atoms with Crippen molar-refractivity contribution in [3.8, 4) is 0 Å². The summed E-state index contributed by atoms with van der Waals surface area (Å²) in [6.45, 7) is 4.97. The van der Waals surface area contributed by atoms with E-state index in [0.29, 0.717) is 17.0 Å². The third kappa shape index (κ3) is 5.89. The van der Waals surface area contributed by atoms with E-state index in [1.54, 1.807) is 31.2 Å². The molecule has 1 amide bonds. The lowest BCUT2D eigenvalue weighted by atomic mass is 10.1. The fourth-order valence-corrected chi connectivity index (χ4v) is 3.40. The van der Waals surface area contributed by atoms with E-state index < -0.39 is 22.5 Å². The number of hydrazone groups is 1. The fraction of sp³-hybridized carbons (Fsp3) is 0.263. The first kappa shape index (κ1) is 20.6. The standard InChI is InChI=1S/C19H22FN3O3S/c1-13-9-14(2)11-18(10-13)23(27(4,25)26)12-19(24)22-21-15(3)16-5-7-17(20)8-6-16/h5-11H,12H2,1-4H3,(H,22,24)/b21-15-. The highest BCUT2D eigenvalue weighted by molar-refractivity contribution is 7.92. The van der Waals surface area contributed by atoms with Gasteiger partial charge in [-0.25, -0.2) is 18.2 Å². The smallest absolute Gasteiger partial charge is 0.260 e. The van der Waals surface area contributed by atoms with Gasteiger partial charge < -0.3 is 0 Å². The van der Waals surface area contributed by atoms with Crippen LogP contribution in [0.3, 0.4) is 0 Å². The van der Waals surface area contributed by atoms with E-state index in [9.17, 15) is 17.6 Å². The number of carbonyl (C=O) groups excluding carboxylic acids is 1. The van der Waals surface area contributed by atoms with Crippen LogP contribution in [0.2, 0.25) is 0 Å². The minimum Gasteiger partial charge on any atom is -0.271 e. The number of anilines is 1. The maximum Gasteiger partial charge on any atom is 0.260 e. The SMILES string of the molecule is C/C(=N/NC(=O)CN(c1cc(C)cc(C)c1)S(C)(=O)=O)c1ccc(F)cc1. The summed E-state index contributed by atoms with van der Waals surface area (Å²) in [7, 11) is -3.66. The Hall–Kier alpha value is -2.74. The lowest BCUT2D eigenvalue weighted by molar-refractivity contribution is -0.119. The zero-order valence-electron chi connectivity index (χ0n) is 15.7. The van der Waals surface area contributed by atoms with Crippen molar-refractivity contribution >= 4 is 27.3 Å². The molecule has 0 saturated carbocycles. The van der Waals surface area contributed by atoms with E-state index in [4.69, 9.17) is 0 Å². The predicted octanol–water partition coefficient (Wildman–Crippen LogP) is 2.75. The molecule has 0 unspecified atom stereocenters. The Balaban J connectivity index is 2.17. The van der Waals surface area contributed by atoms with Crippen molar-refractivity contribution in [3.63, 3.8) is 0 Å². The number of aryl methyl sites for hydroxylation is 2. The first-order valence-corrected chi connectivity index (χ1v) is 10.1. The van der Waals surface area contributed by atoms with Crippen LogP contribution >= 0.6 is 0 Å². The van der Waals surface area contributed by atoms with Crippen LogP contribution in [-0.4, -0.2) is 32.8 Å². The number of halogens is 1. The number of nitrogens with one attached hydrogen (secondary N) is 1. The van der Waals surface area contributed by atoms with E-state index in [1.165, 1.54) is 12.1 Å². The maximum absolute atomic E-state index is 13.0. The highest BCUT2D eigenvalue weighted by atomic mass is 32.2. The maximum atomic E-state index is 13.0. The second kappa shape index (κ2) is 8.30. The van der Waals surface area contributed by atoms with Crippen molar-refractivity contribution in [3.05, 3.63) is 65.0 Å². The van der Waals surface area contributed by atoms with Crippen LogP contribution in [0.1, 0.15) is 23.6 Å². The van der Waals surface area contributed by atoms with Crippen LogP contribution in [0, 0.1) is 19.7 Å². The molecular weight excluding hydrogens is 369 g/mol. The van der Waals surface area contributed by atoms with Gasteiger partial charge in [-0.2, -0.15) is 5.10 Å². The summed E-state index contributed by atoms with van der Waals surface area (Å²) in [6, 6.07) is 11.0. The topological polar surface area (TPSA) is 78.8 Å². The highest BCUT2D eigenvalue weighted by Crippen LogP contribution is 2.21. The molecule has 6 nitrogen and oxygen atoms in total. The van der Waals surface area contributed by atoms with Crippen molar-refractivity contribution in [2.24, 2.45) is 5.10 Å². The Morgan fingerprint density at radius 3 is 2.19 bits per heavy atom. The fourth-order valence-electron chi connectivity index (χ4n) is 2.56. The molecule has 144 valence electrons. The first-order chi connectivity index (χ1) is 12.6. The largest absolute Gasteiger partial charge is 0.271 e. The highest BCUT2D eigenvalue weighted by Gasteiger charge is 2.21. The summed E-state index contributed by atoms with van der Waals surface area (Å²) in [6.07, 6.45) is 1.05. The number of amides is 1. The molecule has 0 spiro atoms. The van der Waals surface area contributed by atoms with Crippen LogP contribution in [0.4, 0.5) is 10.1 Å². The second-order valence-electron chi connectivity index (χ2n) is 6.35. The quantitative estimate of drug-likeness (QED) is 0.607. The van der Waals surface area contributed by atoms with E-state index in [-0.39, 0.29) is 5.82 Å². The molecule has 0 aliphatic rings. The van der Waals surface area contributed by atoms with Gasteiger partial charge in [-0.1, -0.05) is 18.2 Å². The minimum absolute atomic E-state index is 0.368. The molecule has 0 aliphatic carbocycles. The summed E-state index contributed by atoms with van der Waals surface area (Å²) < 4.78 is 38.3. The van der Waals surface area contributed by atoms with Gasteiger partial charge in [-0.3, -0.25) is 9.10 Å². The van der Waals surface area contributed by atoms with Gasteiger partial charge in [0.2, 0.25) is 10.0 Å². The predicted molar refractivity (Wildman–Crippen MR) is 105 cm³/mol. The molecule has 0 atom stereocenters. The molecule has 0 radical (unpaired) electrons. The van der Waals surface area contributed by atoms with Crippen LogP contribution < -0.4 is 9.73 Å². The average Bonchev–Trinajstić information content (AvgIpc) is 2.56. The van der Waals surface area contributed by atoms with Crippen molar-refractivity contribution in [2.45, 2.75) is 20.8 Å². The summed E-state index contributed by atoms with van der Waals surface area (Å²) in [4.78, 5) is 12.2. The molecule has 0 bridgehead atoms. The molecule has 0 aliphatic heterocycles.